The summed E-state index contributed by atoms with van der Waals surface area (Å²) in [6, 6.07) is 11.4. The van der Waals surface area contributed by atoms with Crippen LogP contribution in [0.3, 0.4) is 0 Å². The van der Waals surface area contributed by atoms with Crippen LogP contribution in [0.2, 0.25) is 5.02 Å². The molecule has 1 unspecified atom stereocenters. The van der Waals surface area contributed by atoms with Crippen LogP contribution in [0.25, 0.3) is 0 Å². The van der Waals surface area contributed by atoms with Crippen molar-refractivity contribution in [2.45, 2.75) is 24.3 Å². The van der Waals surface area contributed by atoms with E-state index in [0.29, 0.717) is 23.4 Å². The Labute approximate surface area is 146 Å². The molecular formula is C17H15ClN2O3S. The van der Waals surface area contributed by atoms with E-state index in [1.54, 1.807) is 24.3 Å². The Morgan fingerprint density at radius 1 is 1.33 bits per heavy atom. The zero-order valence-electron chi connectivity index (χ0n) is 13.2. The van der Waals surface area contributed by atoms with E-state index in [9.17, 15) is 8.42 Å². The average molecular weight is 363 g/mol. The summed E-state index contributed by atoms with van der Waals surface area (Å²) in [5, 5.41) is 9.27. The number of sulfonamides is 1. The van der Waals surface area contributed by atoms with Crippen molar-refractivity contribution in [2.75, 3.05) is 11.4 Å². The lowest BCUT2D eigenvalue weighted by Crippen LogP contribution is -2.26. The predicted octanol–water partition coefficient (Wildman–Crippen LogP) is 3.36. The Kier molecular flexibility index (Phi) is 4.16. The van der Waals surface area contributed by atoms with Gasteiger partial charge in [0.25, 0.3) is 10.0 Å². The number of benzene rings is 2. The molecule has 0 amide bonds. The van der Waals surface area contributed by atoms with Gasteiger partial charge in [-0.3, -0.25) is 4.31 Å². The lowest BCUT2D eigenvalue weighted by atomic mass is 10.1. The van der Waals surface area contributed by atoms with E-state index in [1.807, 2.05) is 13.0 Å². The second-order valence-corrected chi connectivity index (χ2v) is 8.04. The largest absolute Gasteiger partial charge is 0.489 e. The fraction of sp³-hybridized carbons (Fsp3) is 0.235. The number of fused-ring (bicyclic) bond motifs is 1. The number of anilines is 1. The molecule has 0 bridgehead atoms. The number of hydrogen-bond donors (Lipinski definition) is 0. The molecule has 1 atom stereocenters. The van der Waals surface area contributed by atoms with Crippen LogP contribution >= 0.6 is 11.6 Å². The minimum atomic E-state index is -3.79. The summed E-state index contributed by atoms with van der Waals surface area (Å²) in [6.07, 6.45) is 0.590. The molecule has 0 saturated carbocycles. The molecule has 5 nitrogen and oxygen atoms in total. The van der Waals surface area contributed by atoms with Crippen LogP contribution in [0.15, 0.2) is 41.3 Å². The maximum atomic E-state index is 12.9. The highest BCUT2D eigenvalue weighted by Gasteiger charge is 2.28. The molecule has 2 aromatic rings. The summed E-state index contributed by atoms with van der Waals surface area (Å²) in [5.41, 5.74) is 1.59. The van der Waals surface area contributed by atoms with Crippen LogP contribution in [-0.2, 0) is 16.4 Å². The minimum absolute atomic E-state index is 0.0273. The van der Waals surface area contributed by atoms with Gasteiger partial charge in [0, 0.05) is 19.0 Å². The first kappa shape index (κ1) is 16.6. The molecule has 24 heavy (non-hydrogen) atoms. The quantitative estimate of drug-likeness (QED) is 0.839. The normalized spacial score (nSPS) is 16.2. The fourth-order valence-electron chi connectivity index (χ4n) is 2.68. The predicted molar refractivity (Wildman–Crippen MR) is 92.0 cm³/mol. The van der Waals surface area contributed by atoms with Crippen LogP contribution in [0, 0.1) is 11.3 Å². The molecule has 124 valence electrons. The van der Waals surface area contributed by atoms with Gasteiger partial charge in [-0.1, -0.05) is 17.7 Å². The molecule has 0 N–H and O–H groups in total. The molecule has 7 heteroatoms. The van der Waals surface area contributed by atoms with E-state index in [-0.39, 0.29) is 16.0 Å². The van der Waals surface area contributed by atoms with Crippen LogP contribution in [0.5, 0.6) is 5.75 Å². The van der Waals surface area contributed by atoms with E-state index in [0.717, 1.165) is 9.87 Å². The van der Waals surface area contributed by atoms with Crippen molar-refractivity contribution in [1.29, 1.82) is 5.26 Å². The van der Waals surface area contributed by atoms with E-state index in [2.05, 4.69) is 0 Å². The zero-order valence-corrected chi connectivity index (χ0v) is 14.7. The number of ether oxygens (including phenoxy) is 1. The van der Waals surface area contributed by atoms with Gasteiger partial charge in [0.2, 0.25) is 0 Å². The maximum Gasteiger partial charge on any atom is 0.264 e. The van der Waals surface area contributed by atoms with Crippen LogP contribution in [0.1, 0.15) is 18.1 Å². The third kappa shape index (κ3) is 2.81. The Hall–Kier alpha value is -2.23. The van der Waals surface area contributed by atoms with Crippen molar-refractivity contribution in [3.8, 4) is 11.8 Å². The van der Waals surface area contributed by atoms with Gasteiger partial charge in [0.1, 0.15) is 11.9 Å². The van der Waals surface area contributed by atoms with Gasteiger partial charge >= 0.3 is 0 Å². The highest BCUT2D eigenvalue weighted by molar-refractivity contribution is 7.92. The van der Waals surface area contributed by atoms with E-state index >= 15 is 0 Å². The summed E-state index contributed by atoms with van der Waals surface area (Å²) in [4.78, 5) is 0.105. The number of halogens is 1. The second kappa shape index (κ2) is 6.00. The second-order valence-electron chi connectivity index (χ2n) is 5.66. The summed E-state index contributed by atoms with van der Waals surface area (Å²) in [7, 11) is -2.34. The smallest absolute Gasteiger partial charge is 0.264 e. The van der Waals surface area contributed by atoms with Crippen molar-refractivity contribution in [1.82, 2.24) is 0 Å². The molecule has 3 rings (SSSR count). The van der Waals surface area contributed by atoms with Crippen molar-refractivity contribution in [2.24, 2.45) is 0 Å². The molecule has 2 aromatic carbocycles. The van der Waals surface area contributed by atoms with Gasteiger partial charge in [-0.2, -0.15) is 5.26 Å². The highest BCUT2D eigenvalue weighted by atomic mass is 35.5. The monoisotopic (exact) mass is 362 g/mol. The van der Waals surface area contributed by atoms with E-state index in [4.69, 9.17) is 21.6 Å². The first-order valence-corrected chi connectivity index (χ1v) is 9.13. The van der Waals surface area contributed by atoms with Gasteiger partial charge in [-0.15, -0.1) is 0 Å². The SMILES string of the molecule is CC1Cc2cc(S(=O)(=O)N(C)c3cccc(C#N)c3)cc(Cl)c2O1. The van der Waals surface area contributed by atoms with Gasteiger partial charge in [0.05, 0.1) is 27.2 Å². The third-order valence-electron chi connectivity index (χ3n) is 3.92. The van der Waals surface area contributed by atoms with E-state index < -0.39 is 10.0 Å². The summed E-state index contributed by atoms with van der Waals surface area (Å²) < 4.78 is 32.6. The van der Waals surface area contributed by atoms with Gasteiger partial charge < -0.3 is 4.74 Å². The van der Waals surface area contributed by atoms with Crippen molar-refractivity contribution >= 4 is 27.3 Å². The van der Waals surface area contributed by atoms with Crippen molar-refractivity contribution in [3.63, 3.8) is 0 Å². The summed E-state index contributed by atoms with van der Waals surface area (Å²) in [5.74, 6) is 0.553. The summed E-state index contributed by atoms with van der Waals surface area (Å²) >= 11 is 6.19. The zero-order chi connectivity index (χ0) is 17.5. The molecule has 0 fully saturated rings. The van der Waals surface area contributed by atoms with Gasteiger partial charge in [-0.25, -0.2) is 8.42 Å². The van der Waals surface area contributed by atoms with Crippen molar-refractivity contribution in [3.05, 3.63) is 52.5 Å². The third-order valence-corrected chi connectivity index (χ3v) is 5.96. The average Bonchev–Trinajstić information content (AvgIpc) is 2.95. The van der Waals surface area contributed by atoms with Gasteiger partial charge in [-0.05, 0) is 37.3 Å². The standard InChI is InChI=1S/C17H15ClN2O3S/c1-11-6-13-8-15(9-16(18)17(13)23-11)24(21,22)20(2)14-5-3-4-12(7-14)10-19/h3-5,7-9,11H,6H2,1-2H3. The topological polar surface area (TPSA) is 70.4 Å². The lowest BCUT2D eigenvalue weighted by molar-refractivity contribution is 0.255. The van der Waals surface area contributed by atoms with Crippen molar-refractivity contribution < 1.29 is 13.2 Å². The molecule has 1 heterocycles. The highest BCUT2D eigenvalue weighted by Crippen LogP contribution is 2.38. The maximum absolute atomic E-state index is 12.9. The molecule has 0 radical (unpaired) electrons. The number of nitriles is 1. The van der Waals surface area contributed by atoms with Crippen LogP contribution in [0.4, 0.5) is 5.69 Å². The first-order valence-electron chi connectivity index (χ1n) is 7.31. The Bertz CT molecular complexity index is 951. The van der Waals surface area contributed by atoms with E-state index in [1.165, 1.54) is 19.2 Å². The number of hydrogen-bond acceptors (Lipinski definition) is 4. The molecule has 1 aliphatic rings. The fourth-order valence-corrected chi connectivity index (χ4v) is 4.29. The van der Waals surface area contributed by atoms with Crippen LogP contribution in [-0.4, -0.2) is 21.6 Å². The Morgan fingerprint density at radius 2 is 2.08 bits per heavy atom. The number of rotatable bonds is 3. The number of nitrogens with zero attached hydrogens (tertiary/aromatic N) is 2. The Morgan fingerprint density at radius 3 is 2.79 bits per heavy atom. The molecule has 0 aromatic heterocycles. The molecule has 0 spiro atoms. The lowest BCUT2D eigenvalue weighted by Gasteiger charge is -2.20. The molecule has 0 saturated heterocycles. The minimum Gasteiger partial charge on any atom is -0.489 e. The first-order chi connectivity index (χ1) is 11.3. The molecule has 0 aliphatic carbocycles. The van der Waals surface area contributed by atoms with Crippen LogP contribution < -0.4 is 9.04 Å². The molecule has 1 aliphatic heterocycles. The molecular weight excluding hydrogens is 348 g/mol. The Balaban J connectivity index is 2.04. The van der Waals surface area contributed by atoms with Gasteiger partial charge in [0.15, 0.2) is 0 Å². The summed E-state index contributed by atoms with van der Waals surface area (Å²) in [6.45, 7) is 1.91.